The van der Waals surface area contributed by atoms with Gasteiger partial charge in [0.15, 0.2) is 0 Å². The summed E-state index contributed by atoms with van der Waals surface area (Å²) in [6.45, 7) is 8.76. The monoisotopic (exact) mass is 503 g/mol. The minimum atomic E-state index is 0.0572. The number of fused-ring (bicyclic) bond motifs is 1. The van der Waals surface area contributed by atoms with Crippen LogP contribution in [0.2, 0.25) is 0 Å². The molecule has 1 amide bonds. The summed E-state index contributed by atoms with van der Waals surface area (Å²) < 4.78 is 3.09. The molecule has 5 rings (SSSR count). The van der Waals surface area contributed by atoms with Crippen molar-refractivity contribution in [2.45, 2.75) is 58.8 Å². The highest BCUT2D eigenvalue weighted by molar-refractivity contribution is 7.99. The van der Waals surface area contributed by atoms with Gasteiger partial charge in [-0.05, 0) is 69.0 Å². The predicted molar refractivity (Wildman–Crippen MR) is 145 cm³/mol. The van der Waals surface area contributed by atoms with Gasteiger partial charge >= 0.3 is 0 Å². The highest BCUT2D eigenvalue weighted by Gasteiger charge is 2.35. The average Bonchev–Trinajstić information content (AvgIpc) is 3.27. The fourth-order valence-corrected chi connectivity index (χ4v) is 5.63. The first-order chi connectivity index (χ1) is 17.4. The molecule has 1 aromatic carbocycles. The topological polar surface area (TPSA) is 86.3 Å². The van der Waals surface area contributed by atoms with Crippen molar-refractivity contribution in [1.82, 2.24) is 24.8 Å². The Morgan fingerprint density at radius 3 is 2.58 bits per heavy atom. The van der Waals surface area contributed by atoms with Gasteiger partial charge in [-0.1, -0.05) is 18.0 Å². The molecule has 3 aromatic rings. The van der Waals surface area contributed by atoms with Gasteiger partial charge in [0.2, 0.25) is 5.95 Å². The van der Waals surface area contributed by atoms with E-state index < -0.39 is 0 Å². The molecule has 2 aliphatic rings. The van der Waals surface area contributed by atoms with Gasteiger partial charge in [-0.15, -0.1) is 0 Å². The number of hydrogen-bond acceptors (Lipinski definition) is 8. The van der Waals surface area contributed by atoms with Gasteiger partial charge in [0.25, 0.3) is 5.91 Å². The number of nitrogens with zero attached hydrogens (tertiary/aromatic N) is 5. The van der Waals surface area contributed by atoms with Crippen LogP contribution in [0.5, 0.6) is 0 Å². The highest BCUT2D eigenvalue weighted by Crippen LogP contribution is 2.31. The van der Waals surface area contributed by atoms with Gasteiger partial charge in [0.05, 0.1) is 11.3 Å². The minimum Gasteiger partial charge on any atom is -0.336 e. The van der Waals surface area contributed by atoms with E-state index in [1.165, 1.54) is 28.6 Å². The highest BCUT2D eigenvalue weighted by atomic mass is 32.2. The number of carbonyl (C=O) groups is 1. The first-order valence-electron chi connectivity index (χ1n) is 12.4. The van der Waals surface area contributed by atoms with Gasteiger partial charge < -0.3 is 14.9 Å². The number of carbonyl (C=O) groups excluding carboxylic acids is 1. The smallest absolute Gasteiger partial charge is 0.255 e. The fourth-order valence-electron chi connectivity index (χ4n) is 5.30. The molecule has 0 radical (unpaired) electrons. The van der Waals surface area contributed by atoms with E-state index in [0.717, 1.165) is 49.7 Å². The third-order valence-corrected chi connectivity index (χ3v) is 7.41. The Labute approximate surface area is 217 Å². The van der Waals surface area contributed by atoms with Crippen LogP contribution in [0.25, 0.3) is 0 Å². The van der Waals surface area contributed by atoms with E-state index >= 15 is 0 Å². The molecule has 188 valence electrons. The van der Waals surface area contributed by atoms with E-state index in [2.05, 4.69) is 63.9 Å². The van der Waals surface area contributed by atoms with Gasteiger partial charge in [-0.3, -0.25) is 9.69 Å². The van der Waals surface area contributed by atoms with Crippen molar-refractivity contribution in [3.8, 4) is 0 Å². The lowest BCUT2D eigenvalue weighted by Crippen LogP contribution is -2.50. The molecule has 0 spiro atoms. The number of hydrogen-bond donors (Lipinski definition) is 2. The summed E-state index contributed by atoms with van der Waals surface area (Å²) in [6.07, 6.45) is 7.46. The summed E-state index contributed by atoms with van der Waals surface area (Å²) in [5.74, 6) is 1.46. The van der Waals surface area contributed by atoms with E-state index in [-0.39, 0.29) is 11.9 Å². The summed E-state index contributed by atoms with van der Waals surface area (Å²) in [5, 5.41) is 3.37. The molecule has 1 saturated heterocycles. The summed E-state index contributed by atoms with van der Waals surface area (Å²) >= 11 is 1.48. The number of anilines is 3. The molecule has 0 aliphatic carbocycles. The number of piperidine rings is 1. The van der Waals surface area contributed by atoms with Crippen LogP contribution in [0, 0.1) is 13.8 Å². The number of aryl methyl sites for hydroxylation is 2. The molecule has 2 aromatic heterocycles. The summed E-state index contributed by atoms with van der Waals surface area (Å²) in [5.41, 5.74) is 6.36. The van der Waals surface area contributed by atoms with Crippen LogP contribution in [0.4, 0.5) is 17.5 Å². The lowest BCUT2D eigenvalue weighted by atomic mass is 9.96. The van der Waals surface area contributed by atoms with Crippen LogP contribution in [-0.2, 0) is 13.1 Å². The van der Waals surface area contributed by atoms with Gasteiger partial charge in [-0.2, -0.15) is 0 Å². The molecular formula is C27H33N7OS. The van der Waals surface area contributed by atoms with Crippen LogP contribution < -0.4 is 10.0 Å². The Hall–Kier alpha value is -3.17. The Balaban J connectivity index is 1.20. The van der Waals surface area contributed by atoms with Gasteiger partial charge in [-0.25, -0.2) is 15.0 Å². The zero-order valence-electron chi connectivity index (χ0n) is 21.3. The molecule has 0 unspecified atom stereocenters. The van der Waals surface area contributed by atoms with E-state index in [1.807, 2.05) is 29.5 Å². The molecule has 36 heavy (non-hydrogen) atoms. The van der Waals surface area contributed by atoms with Crippen molar-refractivity contribution < 1.29 is 4.79 Å². The summed E-state index contributed by atoms with van der Waals surface area (Å²) in [4.78, 5) is 31.4. The average molecular weight is 504 g/mol. The van der Waals surface area contributed by atoms with Crippen LogP contribution in [-0.4, -0.2) is 55.5 Å². The lowest BCUT2D eigenvalue weighted by molar-refractivity contribution is 0.0460. The number of pyridine rings is 1. The van der Waals surface area contributed by atoms with Crippen molar-refractivity contribution >= 4 is 35.3 Å². The molecular weight excluding hydrogens is 470 g/mol. The van der Waals surface area contributed by atoms with Crippen molar-refractivity contribution in [1.29, 1.82) is 0 Å². The van der Waals surface area contributed by atoms with Crippen molar-refractivity contribution in [2.75, 3.05) is 22.8 Å². The first kappa shape index (κ1) is 24.5. The van der Waals surface area contributed by atoms with Gasteiger partial charge in [0.1, 0.15) is 5.82 Å². The Morgan fingerprint density at radius 2 is 1.89 bits per heavy atom. The molecule has 4 heterocycles. The van der Waals surface area contributed by atoms with E-state index in [4.69, 9.17) is 4.98 Å². The molecule has 8 nitrogen and oxygen atoms in total. The largest absolute Gasteiger partial charge is 0.336 e. The lowest BCUT2D eigenvalue weighted by Gasteiger charge is -2.41. The van der Waals surface area contributed by atoms with Crippen molar-refractivity contribution in [2.24, 2.45) is 0 Å². The van der Waals surface area contributed by atoms with E-state index in [1.54, 1.807) is 6.20 Å². The van der Waals surface area contributed by atoms with Crippen LogP contribution >= 0.6 is 11.9 Å². The fraction of sp³-hybridized carbons (Fsp3) is 0.407. The molecule has 2 atom stereocenters. The first-order valence-corrected chi connectivity index (χ1v) is 13.6. The Kier molecular flexibility index (Phi) is 7.11. The quantitative estimate of drug-likeness (QED) is 0.458. The zero-order valence-corrected chi connectivity index (χ0v) is 22.1. The maximum Gasteiger partial charge on any atom is 0.255 e. The molecule has 2 N–H and O–H groups in total. The Bertz CT molecular complexity index is 1230. The number of aromatic nitrogens is 3. The normalized spacial score (nSPS) is 19.7. The maximum absolute atomic E-state index is 13.1. The second kappa shape index (κ2) is 10.4. The molecule has 0 saturated carbocycles. The number of nitrogens with one attached hydrogen (secondary N) is 2. The SMILES string of the molecule is CSNc1ccc(C(=O)N2CC[C@@H](N3Cc4cnc(Nc5cc(C)cc(C)c5)nc4C3)C[C@H]2C)cn1. The predicted octanol–water partition coefficient (Wildman–Crippen LogP) is 4.93. The molecule has 2 aliphatic heterocycles. The minimum absolute atomic E-state index is 0.0572. The van der Waals surface area contributed by atoms with E-state index in [9.17, 15) is 4.79 Å². The molecule has 9 heteroatoms. The van der Waals surface area contributed by atoms with Crippen molar-refractivity contribution in [3.05, 3.63) is 70.7 Å². The summed E-state index contributed by atoms with van der Waals surface area (Å²) in [6, 6.07) is 10.7. The van der Waals surface area contributed by atoms with Crippen LogP contribution in [0.3, 0.4) is 0 Å². The second-order valence-corrected chi connectivity index (χ2v) is 10.4. The molecule has 0 bridgehead atoms. The third kappa shape index (κ3) is 5.32. The van der Waals surface area contributed by atoms with E-state index in [0.29, 0.717) is 17.6 Å². The number of rotatable bonds is 6. The van der Waals surface area contributed by atoms with Gasteiger partial charge in [0, 0.05) is 61.6 Å². The van der Waals surface area contributed by atoms with Crippen molar-refractivity contribution in [3.63, 3.8) is 0 Å². The zero-order chi connectivity index (χ0) is 25.2. The maximum atomic E-state index is 13.1. The summed E-state index contributed by atoms with van der Waals surface area (Å²) in [7, 11) is 0. The third-order valence-electron chi connectivity index (χ3n) is 7.00. The number of likely N-dealkylation sites (tertiary alicyclic amines) is 1. The van der Waals surface area contributed by atoms with Crippen LogP contribution in [0.1, 0.15) is 52.5 Å². The standard InChI is InChI=1S/C27H33N7OS/c1-17-9-18(2)11-22(10-17)30-27-29-14-21-15-33(16-24(21)31-27)23-7-8-34(19(3)12-23)26(35)20-5-6-25(28-13-20)32-36-4/h5-6,9-11,13-14,19,23H,7-8,12,15-16H2,1-4H3,(H,28,32)(H,29,30,31)/t19-,23-/m1/s1. The molecule has 1 fully saturated rings. The second-order valence-electron chi connectivity index (χ2n) is 9.84. The number of benzene rings is 1. The van der Waals surface area contributed by atoms with Crippen LogP contribution in [0.15, 0.2) is 42.7 Å². The number of amides is 1. The Morgan fingerprint density at radius 1 is 1.08 bits per heavy atom.